The number of fused-ring (bicyclic) bond motifs is 1. The van der Waals surface area contributed by atoms with Crippen LogP contribution >= 0.6 is 0 Å². The van der Waals surface area contributed by atoms with E-state index in [0.717, 1.165) is 29.7 Å². The Labute approximate surface area is 183 Å². The first-order valence-corrected chi connectivity index (χ1v) is 12.1. The number of aryl methyl sites for hydroxylation is 1. The Hall–Kier alpha value is -2.71. The summed E-state index contributed by atoms with van der Waals surface area (Å²) in [6.45, 7) is 5.10. The molecule has 1 fully saturated rings. The molecule has 0 aliphatic carbocycles. The highest BCUT2D eigenvalue weighted by molar-refractivity contribution is 7.89. The summed E-state index contributed by atoms with van der Waals surface area (Å²) in [7, 11) is -1.56. The van der Waals surface area contributed by atoms with Gasteiger partial charge >= 0.3 is 0 Å². The van der Waals surface area contributed by atoms with Crippen molar-refractivity contribution in [2.75, 3.05) is 19.6 Å². The van der Waals surface area contributed by atoms with Crippen LogP contribution in [0.4, 0.5) is 0 Å². The third-order valence-corrected chi connectivity index (χ3v) is 8.14. The van der Waals surface area contributed by atoms with Gasteiger partial charge in [0.1, 0.15) is 5.82 Å². The molecular weight excluding hydrogens is 412 g/mol. The molecule has 3 aromatic rings. The average Bonchev–Trinajstić information content (AvgIpc) is 3.39. The fourth-order valence-corrected chi connectivity index (χ4v) is 5.85. The van der Waals surface area contributed by atoms with Gasteiger partial charge in [-0.3, -0.25) is 4.79 Å². The maximum atomic E-state index is 13.3. The molecule has 1 saturated heterocycles. The first-order valence-electron chi connectivity index (χ1n) is 10.7. The molecular formula is C23H28N4O3S. The van der Waals surface area contributed by atoms with Gasteiger partial charge in [-0.2, -0.15) is 4.31 Å². The van der Waals surface area contributed by atoms with E-state index in [2.05, 4.69) is 4.57 Å². The molecule has 2 heterocycles. The predicted octanol–water partition coefficient (Wildman–Crippen LogP) is 3.58. The highest BCUT2D eigenvalue weighted by Crippen LogP contribution is 2.34. The molecule has 8 heteroatoms. The quantitative estimate of drug-likeness (QED) is 0.587. The van der Waals surface area contributed by atoms with Gasteiger partial charge in [0.2, 0.25) is 10.0 Å². The van der Waals surface area contributed by atoms with Gasteiger partial charge in [0, 0.05) is 32.2 Å². The van der Waals surface area contributed by atoms with Crippen molar-refractivity contribution in [3.63, 3.8) is 0 Å². The molecule has 0 N–H and O–H groups in total. The Kier molecular flexibility index (Phi) is 5.85. The Morgan fingerprint density at radius 3 is 2.42 bits per heavy atom. The van der Waals surface area contributed by atoms with Crippen LogP contribution in [0, 0.1) is 0 Å². The lowest BCUT2D eigenvalue weighted by molar-refractivity contribution is 0.0728. The van der Waals surface area contributed by atoms with E-state index < -0.39 is 10.0 Å². The third kappa shape index (κ3) is 3.74. The summed E-state index contributed by atoms with van der Waals surface area (Å²) in [4.78, 5) is 20.1. The smallest absolute Gasteiger partial charge is 0.254 e. The second-order valence-corrected chi connectivity index (χ2v) is 9.73. The monoisotopic (exact) mass is 440 g/mol. The number of hydrogen-bond donors (Lipinski definition) is 0. The van der Waals surface area contributed by atoms with Crippen LogP contribution < -0.4 is 0 Å². The summed E-state index contributed by atoms with van der Waals surface area (Å²) in [5.41, 5.74) is 2.46. The van der Waals surface area contributed by atoms with Crippen LogP contribution in [0.2, 0.25) is 0 Å². The third-order valence-electron chi connectivity index (χ3n) is 6.08. The van der Waals surface area contributed by atoms with Gasteiger partial charge in [-0.1, -0.05) is 26.0 Å². The number of sulfonamides is 1. The Balaban J connectivity index is 1.61. The topological polar surface area (TPSA) is 75.5 Å². The number of para-hydroxylation sites is 2. The summed E-state index contributed by atoms with van der Waals surface area (Å²) in [5, 5.41) is 0. The molecule has 1 aliphatic rings. The number of aromatic nitrogens is 2. The van der Waals surface area contributed by atoms with Crippen molar-refractivity contribution in [3.8, 4) is 0 Å². The molecule has 1 unspecified atom stereocenters. The summed E-state index contributed by atoms with van der Waals surface area (Å²) in [5.74, 6) is 0.786. The van der Waals surface area contributed by atoms with Crippen LogP contribution in [0.1, 0.15) is 48.9 Å². The van der Waals surface area contributed by atoms with Crippen LogP contribution in [0.25, 0.3) is 11.0 Å². The maximum Gasteiger partial charge on any atom is 0.254 e. The molecule has 0 spiro atoms. The van der Waals surface area contributed by atoms with E-state index >= 15 is 0 Å². The number of imidazole rings is 1. The van der Waals surface area contributed by atoms with Crippen LogP contribution in [-0.2, 0) is 17.1 Å². The van der Waals surface area contributed by atoms with Crippen LogP contribution in [0.15, 0.2) is 53.4 Å². The molecule has 1 aliphatic heterocycles. The van der Waals surface area contributed by atoms with Crippen molar-refractivity contribution in [3.05, 3.63) is 59.9 Å². The van der Waals surface area contributed by atoms with Gasteiger partial charge in [-0.15, -0.1) is 0 Å². The van der Waals surface area contributed by atoms with Crippen molar-refractivity contribution >= 4 is 27.0 Å². The molecule has 164 valence electrons. The van der Waals surface area contributed by atoms with Gasteiger partial charge in [-0.25, -0.2) is 13.4 Å². The minimum absolute atomic E-state index is 0.0935. The number of carbonyl (C=O) groups excluding carboxylic acids is 1. The Morgan fingerprint density at radius 2 is 1.77 bits per heavy atom. The number of nitrogens with zero attached hydrogens (tertiary/aromatic N) is 4. The van der Waals surface area contributed by atoms with E-state index in [9.17, 15) is 13.2 Å². The molecule has 1 aromatic heterocycles. The molecule has 4 rings (SSSR count). The van der Waals surface area contributed by atoms with Crippen molar-refractivity contribution in [1.29, 1.82) is 0 Å². The molecule has 0 saturated carbocycles. The van der Waals surface area contributed by atoms with Crippen LogP contribution in [0.3, 0.4) is 0 Å². The number of benzene rings is 2. The van der Waals surface area contributed by atoms with E-state index in [1.54, 1.807) is 12.1 Å². The fourth-order valence-electron chi connectivity index (χ4n) is 4.39. The predicted molar refractivity (Wildman–Crippen MR) is 120 cm³/mol. The molecule has 0 bridgehead atoms. The molecule has 1 amide bonds. The van der Waals surface area contributed by atoms with E-state index in [1.165, 1.54) is 16.4 Å². The normalized spacial score (nSPS) is 17.0. The zero-order valence-corrected chi connectivity index (χ0v) is 19.0. The number of likely N-dealkylation sites (tertiary alicyclic amines) is 1. The number of carbonyl (C=O) groups is 1. The fraction of sp³-hybridized carbons (Fsp3) is 0.391. The summed E-state index contributed by atoms with van der Waals surface area (Å²) in [6, 6.07) is 14.2. The number of amides is 1. The summed E-state index contributed by atoms with van der Waals surface area (Å²) >= 11 is 0. The first-order chi connectivity index (χ1) is 14.9. The van der Waals surface area contributed by atoms with Crippen molar-refractivity contribution in [1.82, 2.24) is 18.8 Å². The zero-order valence-electron chi connectivity index (χ0n) is 18.2. The lowest BCUT2D eigenvalue weighted by Gasteiger charge is -2.25. The van der Waals surface area contributed by atoms with Crippen molar-refractivity contribution in [2.24, 2.45) is 7.05 Å². The van der Waals surface area contributed by atoms with E-state index in [1.807, 2.05) is 50.1 Å². The molecule has 31 heavy (non-hydrogen) atoms. The van der Waals surface area contributed by atoms with Crippen LogP contribution in [-0.4, -0.2) is 52.7 Å². The minimum Gasteiger partial charge on any atom is -0.329 e. The molecule has 1 atom stereocenters. The lowest BCUT2D eigenvalue weighted by atomic mass is 10.1. The number of rotatable bonds is 6. The number of hydrogen-bond acceptors (Lipinski definition) is 4. The largest absolute Gasteiger partial charge is 0.329 e. The van der Waals surface area contributed by atoms with Crippen LogP contribution in [0.5, 0.6) is 0 Å². The molecule has 2 aromatic carbocycles. The molecule has 0 radical (unpaired) electrons. The lowest BCUT2D eigenvalue weighted by Crippen LogP contribution is -2.32. The summed E-state index contributed by atoms with van der Waals surface area (Å²) in [6.07, 6.45) is 1.77. The highest BCUT2D eigenvalue weighted by Gasteiger charge is 2.34. The van der Waals surface area contributed by atoms with Gasteiger partial charge in [-0.05, 0) is 49.2 Å². The Bertz CT molecular complexity index is 1200. The Morgan fingerprint density at radius 1 is 1.10 bits per heavy atom. The van der Waals surface area contributed by atoms with Gasteiger partial charge in [0.05, 0.1) is 22.0 Å². The minimum atomic E-state index is -3.54. The first kappa shape index (κ1) is 21.5. The van der Waals surface area contributed by atoms with Crippen molar-refractivity contribution < 1.29 is 13.2 Å². The SMILES string of the molecule is CCN(CC)S(=O)(=O)c1ccc(C(=O)N2CCCC2c2nc3ccccc3n2C)cc1. The van der Waals surface area contributed by atoms with Gasteiger partial charge in [0.25, 0.3) is 5.91 Å². The standard InChI is InChI=1S/C23H28N4O3S/c1-4-26(5-2)31(29,30)18-14-12-17(13-15-18)23(28)27-16-8-11-21(27)22-24-19-9-6-7-10-20(19)25(22)3/h6-7,9-10,12-15,21H,4-5,8,11,16H2,1-3H3. The van der Waals surface area contributed by atoms with E-state index in [4.69, 9.17) is 4.98 Å². The van der Waals surface area contributed by atoms with Gasteiger partial charge < -0.3 is 9.47 Å². The maximum absolute atomic E-state index is 13.3. The zero-order chi connectivity index (χ0) is 22.2. The van der Waals surface area contributed by atoms with E-state index in [-0.39, 0.29) is 16.8 Å². The van der Waals surface area contributed by atoms with Gasteiger partial charge in [0.15, 0.2) is 0 Å². The van der Waals surface area contributed by atoms with Crippen molar-refractivity contribution in [2.45, 2.75) is 37.6 Å². The highest BCUT2D eigenvalue weighted by atomic mass is 32.2. The average molecular weight is 441 g/mol. The van der Waals surface area contributed by atoms with E-state index in [0.29, 0.717) is 25.2 Å². The second-order valence-electron chi connectivity index (χ2n) is 7.79. The summed E-state index contributed by atoms with van der Waals surface area (Å²) < 4.78 is 28.9. The molecule has 7 nitrogen and oxygen atoms in total. The second kappa shape index (κ2) is 8.43.